The molecule has 0 unspecified atom stereocenters. The fraction of sp³-hybridized carbons (Fsp3) is 0.923. The van der Waals surface area contributed by atoms with Gasteiger partial charge in [-0.25, -0.2) is 0 Å². The lowest BCUT2D eigenvalue weighted by molar-refractivity contribution is -0.146. The van der Waals surface area contributed by atoms with E-state index in [1.165, 1.54) is 0 Å². The van der Waals surface area contributed by atoms with Crippen molar-refractivity contribution >= 4 is 5.97 Å². The van der Waals surface area contributed by atoms with Crippen LogP contribution in [0.15, 0.2) is 0 Å². The number of carbonyl (C=O) groups is 1. The number of hydrogen-bond acceptors (Lipinski definition) is 4. The zero-order chi connectivity index (χ0) is 12.7. The van der Waals surface area contributed by atoms with Gasteiger partial charge in [-0.2, -0.15) is 0 Å². The summed E-state index contributed by atoms with van der Waals surface area (Å²) in [4.78, 5) is 11.6. The molecule has 0 spiro atoms. The minimum atomic E-state index is -0.118. The molecule has 0 radical (unpaired) electrons. The third-order valence-corrected chi connectivity index (χ3v) is 3.10. The Balaban J connectivity index is 2.17. The van der Waals surface area contributed by atoms with Crippen LogP contribution < -0.4 is 5.73 Å². The van der Waals surface area contributed by atoms with Gasteiger partial charge in [0.25, 0.3) is 0 Å². The number of nitrogens with two attached hydrogens (primary N) is 1. The fourth-order valence-electron chi connectivity index (χ4n) is 2.15. The molecule has 0 aromatic rings. The second-order valence-electron chi connectivity index (χ2n) is 5.35. The highest BCUT2D eigenvalue weighted by atomic mass is 16.5. The van der Waals surface area contributed by atoms with E-state index in [2.05, 4.69) is 13.8 Å². The van der Waals surface area contributed by atoms with Gasteiger partial charge in [-0.15, -0.1) is 0 Å². The Morgan fingerprint density at radius 2 is 2.29 bits per heavy atom. The van der Waals surface area contributed by atoms with Gasteiger partial charge in [0.1, 0.15) is 0 Å². The van der Waals surface area contributed by atoms with E-state index in [1.807, 2.05) is 0 Å². The van der Waals surface area contributed by atoms with Gasteiger partial charge in [0.05, 0.1) is 13.2 Å². The van der Waals surface area contributed by atoms with E-state index in [0.29, 0.717) is 31.4 Å². The molecule has 4 heteroatoms. The molecule has 1 aliphatic heterocycles. The van der Waals surface area contributed by atoms with Gasteiger partial charge in [-0.1, -0.05) is 13.8 Å². The summed E-state index contributed by atoms with van der Waals surface area (Å²) in [5.41, 5.74) is 5.66. The first-order valence-corrected chi connectivity index (χ1v) is 6.55. The Kier molecular flexibility index (Phi) is 6.52. The van der Waals surface area contributed by atoms with Crippen LogP contribution in [0.25, 0.3) is 0 Å². The molecule has 17 heavy (non-hydrogen) atoms. The van der Waals surface area contributed by atoms with Gasteiger partial charge in [0.15, 0.2) is 0 Å². The maximum atomic E-state index is 11.6. The molecule has 0 saturated carbocycles. The fourth-order valence-corrected chi connectivity index (χ4v) is 2.15. The summed E-state index contributed by atoms with van der Waals surface area (Å²) in [5, 5.41) is 0. The topological polar surface area (TPSA) is 61.6 Å². The van der Waals surface area contributed by atoms with Crippen LogP contribution in [0, 0.1) is 17.8 Å². The van der Waals surface area contributed by atoms with E-state index in [-0.39, 0.29) is 11.9 Å². The Morgan fingerprint density at radius 3 is 2.82 bits per heavy atom. The van der Waals surface area contributed by atoms with Crippen molar-refractivity contribution in [3.8, 4) is 0 Å². The highest BCUT2D eigenvalue weighted by molar-refractivity contribution is 5.69. The quantitative estimate of drug-likeness (QED) is 0.690. The van der Waals surface area contributed by atoms with Crippen molar-refractivity contribution in [3.05, 3.63) is 0 Å². The van der Waals surface area contributed by atoms with E-state index >= 15 is 0 Å². The molecule has 1 rings (SSSR count). The van der Waals surface area contributed by atoms with Crippen molar-refractivity contribution in [3.63, 3.8) is 0 Å². The predicted molar refractivity (Wildman–Crippen MR) is 66.5 cm³/mol. The summed E-state index contributed by atoms with van der Waals surface area (Å²) in [5.74, 6) is 1.09. The number of carbonyl (C=O) groups excluding carboxylic acids is 1. The first-order valence-electron chi connectivity index (χ1n) is 6.55. The van der Waals surface area contributed by atoms with Crippen molar-refractivity contribution in [1.29, 1.82) is 0 Å². The standard InChI is InChI=1S/C13H25NO3/c1-10(2)5-12(7-14)6-13(15)17-9-11-3-4-16-8-11/h10-12H,3-9,14H2,1-2H3/t11-,12+/m1/s1. The lowest BCUT2D eigenvalue weighted by Crippen LogP contribution is -2.22. The molecule has 0 bridgehead atoms. The normalized spacial score (nSPS) is 21.8. The zero-order valence-electron chi connectivity index (χ0n) is 11.0. The average Bonchev–Trinajstić information content (AvgIpc) is 2.77. The molecule has 0 aliphatic carbocycles. The third-order valence-electron chi connectivity index (χ3n) is 3.10. The van der Waals surface area contributed by atoms with E-state index in [0.717, 1.165) is 26.1 Å². The highest BCUT2D eigenvalue weighted by Crippen LogP contribution is 2.16. The molecule has 2 N–H and O–H groups in total. The summed E-state index contributed by atoms with van der Waals surface area (Å²) in [6.45, 7) is 6.85. The zero-order valence-corrected chi connectivity index (χ0v) is 11.0. The SMILES string of the molecule is CC(C)C[C@H](CN)CC(=O)OC[C@@H]1CCOC1. The number of ether oxygens (including phenoxy) is 2. The second kappa shape index (κ2) is 7.67. The smallest absolute Gasteiger partial charge is 0.306 e. The van der Waals surface area contributed by atoms with Gasteiger partial charge in [-0.05, 0) is 31.2 Å². The molecule has 1 heterocycles. The molecular weight excluding hydrogens is 218 g/mol. The van der Waals surface area contributed by atoms with Gasteiger partial charge in [0.2, 0.25) is 0 Å². The molecule has 4 nitrogen and oxygen atoms in total. The minimum absolute atomic E-state index is 0.118. The molecule has 100 valence electrons. The van der Waals surface area contributed by atoms with Crippen molar-refractivity contribution < 1.29 is 14.3 Å². The van der Waals surface area contributed by atoms with Crippen molar-refractivity contribution in [2.24, 2.45) is 23.5 Å². The van der Waals surface area contributed by atoms with Crippen molar-refractivity contribution in [1.82, 2.24) is 0 Å². The molecule has 1 aliphatic rings. The Hall–Kier alpha value is -0.610. The van der Waals surface area contributed by atoms with Gasteiger partial charge < -0.3 is 15.2 Å². The predicted octanol–water partition coefficient (Wildman–Crippen LogP) is 1.58. The molecule has 0 amide bonds. The first kappa shape index (κ1) is 14.5. The summed E-state index contributed by atoms with van der Waals surface area (Å²) in [7, 11) is 0. The molecule has 1 saturated heterocycles. The molecule has 2 atom stereocenters. The lowest BCUT2D eigenvalue weighted by atomic mass is 9.94. The van der Waals surface area contributed by atoms with Crippen LogP contribution in [-0.4, -0.2) is 32.3 Å². The van der Waals surface area contributed by atoms with Crippen LogP contribution in [0.4, 0.5) is 0 Å². The van der Waals surface area contributed by atoms with Crippen LogP contribution in [0.5, 0.6) is 0 Å². The Labute approximate surface area is 104 Å². The number of esters is 1. The van der Waals surface area contributed by atoms with Crippen LogP contribution in [0.1, 0.15) is 33.1 Å². The molecule has 0 aromatic heterocycles. The van der Waals surface area contributed by atoms with Crippen molar-refractivity contribution in [2.75, 3.05) is 26.4 Å². The Morgan fingerprint density at radius 1 is 1.53 bits per heavy atom. The van der Waals surface area contributed by atoms with E-state index < -0.39 is 0 Å². The van der Waals surface area contributed by atoms with E-state index in [4.69, 9.17) is 15.2 Å². The van der Waals surface area contributed by atoms with Gasteiger partial charge in [-0.3, -0.25) is 4.79 Å². The lowest BCUT2D eigenvalue weighted by Gasteiger charge is -2.16. The number of hydrogen-bond donors (Lipinski definition) is 1. The minimum Gasteiger partial charge on any atom is -0.465 e. The Bertz CT molecular complexity index is 225. The molecular formula is C13H25NO3. The molecule has 1 fully saturated rings. The van der Waals surface area contributed by atoms with Crippen LogP contribution in [-0.2, 0) is 14.3 Å². The maximum absolute atomic E-state index is 11.6. The average molecular weight is 243 g/mol. The summed E-state index contributed by atoms with van der Waals surface area (Å²) in [6.07, 6.45) is 2.43. The summed E-state index contributed by atoms with van der Waals surface area (Å²) >= 11 is 0. The largest absolute Gasteiger partial charge is 0.465 e. The monoisotopic (exact) mass is 243 g/mol. The highest BCUT2D eigenvalue weighted by Gasteiger charge is 2.19. The van der Waals surface area contributed by atoms with Crippen LogP contribution in [0.2, 0.25) is 0 Å². The van der Waals surface area contributed by atoms with E-state index in [9.17, 15) is 4.79 Å². The van der Waals surface area contributed by atoms with Crippen LogP contribution >= 0.6 is 0 Å². The molecule has 0 aromatic carbocycles. The van der Waals surface area contributed by atoms with Crippen molar-refractivity contribution in [2.45, 2.75) is 33.1 Å². The summed E-state index contributed by atoms with van der Waals surface area (Å²) in [6, 6.07) is 0. The summed E-state index contributed by atoms with van der Waals surface area (Å²) < 4.78 is 10.5. The maximum Gasteiger partial charge on any atom is 0.306 e. The van der Waals surface area contributed by atoms with E-state index in [1.54, 1.807) is 0 Å². The van der Waals surface area contributed by atoms with Crippen LogP contribution in [0.3, 0.4) is 0 Å². The first-order chi connectivity index (χ1) is 8.11. The second-order valence-corrected chi connectivity index (χ2v) is 5.35. The third kappa shape index (κ3) is 6.03. The van der Waals surface area contributed by atoms with Gasteiger partial charge in [0, 0.05) is 18.9 Å². The van der Waals surface area contributed by atoms with Gasteiger partial charge >= 0.3 is 5.97 Å². The number of rotatable bonds is 7.